The molecule has 3 aromatic rings. The fourth-order valence-electron chi connectivity index (χ4n) is 4.08. The number of fused-ring (bicyclic) bond motifs is 2. The van der Waals surface area contributed by atoms with Crippen molar-refractivity contribution in [1.29, 1.82) is 0 Å². The second-order valence-electron chi connectivity index (χ2n) is 7.69. The summed E-state index contributed by atoms with van der Waals surface area (Å²) in [6, 6.07) is 13.6. The number of aromatic nitrogens is 2. The fraction of sp³-hybridized carbons (Fsp3) is 0.364. The average molecular weight is 392 g/mol. The Hall–Kier alpha value is -2.90. The molecular formula is C22H24N4O3. The highest BCUT2D eigenvalue weighted by Crippen LogP contribution is 2.32. The van der Waals surface area contributed by atoms with Crippen molar-refractivity contribution in [1.82, 2.24) is 19.2 Å². The number of benzene rings is 1. The first-order chi connectivity index (χ1) is 14.2. The van der Waals surface area contributed by atoms with Crippen molar-refractivity contribution >= 4 is 5.65 Å². The van der Waals surface area contributed by atoms with Crippen LogP contribution in [0.1, 0.15) is 17.0 Å². The largest absolute Gasteiger partial charge is 0.454 e. The van der Waals surface area contributed by atoms with Gasteiger partial charge in [0.05, 0.1) is 5.69 Å². The molecule has 0 amide bonds. The Bertz CT molecular complexity index is 1100. The van der Waals surface area contributed by atoms with E-state index in [-0.39, 0.29) is 5.56 Å². The van der Waals surface area contributed by atoms with Crippen LogP contribution in [0.25, 0.3) is 5.65 Å². The standard InChI is InChI=1S/C22H24N4O3/c1-16-3-2-4-21-23-18(12-22(27)26(16)21)14-25-9-7-24(8-10-25)13-17-5-6-19-20(11-17)29-15-28-19/h2-6,11-12H,7-10,13-15H2,1H3. The van der Waals surface area contributed by atoms with E-state index in [1.165, 1.54) is 5.56 Å². The van der Waals surface area contributed by atoms with Crippen molar-refractivity contribution in [2.75, 3.05) is 33.0 Å². The third-order valence-corrected chi connectivity index (χ3v) is 5.63. The summed E-state index contributed by atoms with van der Waals surface area (Å²) in [4.78, 5) is 22.0. The van der Waals surface area contributed by atoms with E-state index in [1.54, 1.807) is 10.5 Å². The van der Waals surface area contributed by atoms with Crippen LogP contribution in [-0.4, -0.2) is 52.2 Å². The summed E-state index contributed by atoms with van der Waals surface area (Å²) >= 11 is 0. The first kappa shape index (κ1) is 18.1. The molecule has 0 N–H and O–H groups in total. The van der Waals surface area contributed by atoms with Crippen molar-refractivity contribution in [3.05, 3.63) is 69.8 Å². The Labute approximate surface area is 169 Å². The topological polar surface area (TPSA) is 59.3 Å². The van der Waals surface area contributed by atoms with Crippen LogP contribution in [-0.2, 0) is 13.1 Å². The number of hydrogen-bond donors (Lipinski definition) is 0. The third-order valence-electron chi connectivity index (χ3n) is 5.63. The second kappa shape index (κ2) is 7.50. The predicted octanol–water partition coefficient (Wildman–Crippen LogP) is 2.05. The van der Waals surface area contributed by atoms with Gasteiger partial charge in [-0.15, -0.1) is 0 Å². The molecule has 1 aromatic carbocycles. The van der Waals surface area contributed by atoms with Crippen molar-refractivity contribution in [2.45, 2.75) is 20.0 Å². The SMILES string of the molecule is Cc1cccc2nc(CN3CCN(Cc4ccc5c(c4)OCO5)CC3)cc(=O)n12. The summed E-state index contributed by atoms with van der Waals surface area (Å²) < 4.78 is 12.5. The van der Waals surface area contributed by atoms with E-state index in [9.17, 15) is 4.79 Å². The molecule has 0 spiro atoms. The van der Waals surface area contributed by atoms with Gasteiger partial charge in [0.25, 0.3) is 5.56 Å². The lowest BCUT2D eigenvalue weighted by Gasteiger charge is -2.34. The van der Waals surface area contributed by atoms with Gasteiger partial charge in [-0.2, -0.15) is 0 Å². The molecule has 150 valence electrons. The first-order valence-electron chi connectivity index (χ1n) is 9.97. The number of aryl methyl sites for hydroxylation is 1. The lowest BCUT2D eigenvalue weighted by atomic mass is 10.1. The molecule has 7 heteroatoms. The van der Waals surface area contributed by atoms with E-state index in [1.807, 2.05) is 31.2 Å². The number of piperazine rings is 1. The van der Waals surface area contributed by atoms with Gasteiger partial charge >= 0.3 is 0 Å². The summed E-state index contributed by atoms with van der Waals surface area (Å²) in [5.41, 5.74) is 3.69. The van der Waals surface area contributed by atoms with Crippen molar-refractivity contribution in [3.8, 4) is 11.5 Å². The molecular weight excluding hydrogens is 368 g/mol. The van der Waals surface area contributed by atoms with Gasteiger partial charge in [0.2, 0.25) is 6.79 Å². The fourth-order valence-corrected chi connectivity index (χ4v) is 4.08. The summed E-state index contributed by atoms with van der Waals surface area (Å²) in [5, 5.41) is 0. The Kier molecular flexibility index (Phi) is 4.69. The smallest absolute Gasteiger partial charge is 0.258 e. The Morgan fingerprint density at radius 1 is 0.931 bits per heavy atom. The van der Waals surface area contributed by atoms with Gasteiger partial charge in [-0.1, -0.05) is 12.1 Å². The van der Waals surface area contributed by atoms with Crippen LogP contribution in [0.15, 0.2) is 47.3 Å². The van der Waals surface area contributed by atoms with Crippen LogP contribution in [0.2, 0.25) is 0 Å². The highest BCUT2D eigenvalue weighted by Gasteiger charge is 2.19. The van der Waals surface area contributed by atoms with Gasteiger partial charge in [-0.05, 0) is 36.8 Å². The zero-order chi connectivity index (χ0) is 19.8. The molecule has 5 rings (SSSR count). The molecule has 2 aromatic heterocycles. The van der Waals surface area contributed by atoms with E-state index >= 15 is 0 Å². The van der Waals surface area contributed by atoms with Gasteiger partial charge in [-0.25, -0.2) is 4.98 Å². The van der Waals surface area contributed by atoms with E-state index in [0.29, 0.717) is 19.0 Å². The maximum absolute atomic E-state index is 12.5. The molecule has 0 bridgehead atoms. The zero-order valence-electron chi connectivity index (χ0n) is 16.5. The number of hydrogen-bond acceptors (Lipinski definition) is 6. The van der Waals surface area contributed by atoms with Gasteiger partial charge in [0.1, 0.15) is 5.65 Å². The van der Waals surface area contributed by atoms with Crippen LogP contribution < -0.4 is 15.0 Å². The van der Waals surface area contributed by atoms with E-state index < -0.39 is 0 Å². The van der Waals surface area contributed by atoms with Crippen molar-refractivity contribution < 1.29 is 9.47 Å². The number of nitrogens with zero attached hydrogens (tertiary/aromatic N) is 4. The van der Waals surface area contributed by atoms with Crippen LogP contribution in [0, 0.1) is 6.92 Å². The van der Waals surface area contributed by atoms with E-state index in [0.717, 1.165) is 55.6 Å². The molecule has 0 radical (unpaired) electrons. The van der Waals surface area contributed by atoms with Gasteiger partial charge in [-0.3, -0.25) is 19.0 Å². The molecule has 2 aliphatic rings. The third kappa shape index (κ3) is 3.71. The summed E-state index contributed by atoms with van der Waals surface area (Å²) in [6.45, 7) is 7.73. The van der Waals surface area contributed by atoms with Gasteiger partial charge in [0.15, 0.2) is 11.5 Å². The van der Waals surface area contributed by atoms with Crippen molar-refractivity contribution in [3.63, 3.8) is 0 Å². The zero-order valence-corrected chi connectivity index (χ0v) is 16.5. The van der Waals surface area contributed by atoms with Crippen LogP contribution in [0.4, 0.5) is 0 Å². The minimum absolute atomic E-state index is 0.00968. The molecule has 0 unspecified atom stereocenters. The number of rotatable bonds is 4. The molecule has 4 heterocycles. The molecule has 29 heavy (non-hydrogen) atoms. The molecule has 1 saturated heterocycles. The Balaban J connectivity index is 1.21. The van der Waals surface area contributed by atoms with Gasteiger partial charge < -0.3 is 9.47 Å². The number of pyridine rings is 1. The highest BCUT2D eigenvalue weighted by atomic mass is 16.7. The minimum Gasteiger partial charge on any atom is -0.454 e. The summed E-state index contributed by atoms with van der Waals surface area (Å²) in [5.74, 6) is 1.66. The molecule has 2 aliphatic heterocycles. The molecule has 0 aliphatic carbocycles. The maximum atomic E-state index is 12.5. The average Bonchev–Trinajstić information content (AvgIpc) is 3.17. The second-order valence-corrected chi connectivity index (χ2v) is 7.69. The van der Waals surface area contributed by atoms with E-state index in [2.05, 4.69) is 21.9 Å². The maximum Gasteiger partial charge on any atom is 0.258 e. The number of ether oxygens (including phenoxy) is 2. The molecule has 1 fully saturated rings. The lowest BCUT2D eigenvalue weighted by molar-refractivity contribution is 0.121. The van der Waals surface area contributed by atoms with Crippen LogP contribution in [0.5, 0.6) is 11.5 Å². The molecule has 0 saturated carbocycles. The highest BCUT2D eigenvalue weighted by molar-refractivity contribution is 5.44. The van der Waals surface area contributed by atoms with Crippen LogP contribution in [0.3, 0.4) is 0 Å². The lowest BCUT2D eigenvalue weighted by Crippen LogP contribution is -2.45. The monoisotopic (exact) mass is 392 g/mol. The first-order valence-corrected chi connectivity index (χ1v) is 9.97. The Morgan fingerprint density at radius 3 is 2.52 bits per heavy atom. The summed E-state index contributed by atoms with van der Waals surface area (Å²) in [6.07, 6.45) is 0. The predicted molar refractivity (Wildman–Crippen MR) is 109 cm³/mol. The normalized spacial score (nSPS) is 17.1. The molecule has 0 atom stereocenters. The quantitative estimate of drug-likeness (QED) is 0.677. The molecule has 7 nitrogen and oxygen atoms in total. The Morgan fingerprint density at radius 2 is 1.69 bits per heavy atom. The summed E-state index contributed by atoms with van der Waals surface area (Å²) in [7, 11) is 0. The van der Waals surface area contributed by atoms with Gasteiger partial charge in [0, 0.05) is 51.0 Å². The minimum atomic E-state index is -0.00968. The van der Waals surface area contributed by atoms with E-state index in [4.69, 9.17) is 14.5 Å². The van der Waals surface area contributed by atoms with Crippen molar-refractivity contribution in [2.24, 2.45) is 0 Å². The van der Waals surface area contributed by atoms with Crippen LogP contribution >= 0.6 is 0 Å².